The Hall–Kier alpha value is -2.61. The Morgan fingerprint density at radius 1 is 0.963 bits per heavy atom. The van der Waals surface area contributed by atoms with Gasteiger partial charge in [-0.05, 0) is 55.0 Å². The Balaban J connectivity index is 1.57. The molecule has 0 bridgehead atoms. The van der Waals surface area contributed by atoms with Gasteiger partial charge in [-0.2, -0.15) is 0 Å². The Bertz CT molecular complexity index is 835. The minimum Gasteiger partial charge on any atom is -0.494 e. The summed E-state index contributed by atoms with van der Waals surface area (Å²) in [6.45, 7) is 0.988. The third kappa shape index (κ3) is 7.65. The molecule has 146 valence electrons. The van der Waals surface area contributed by atoms with E-state index in [0.29, 0.717) is 44.1 Å². The molecular weight excluding hydrogens is 373 g/mol. The number of rotatable bonds is 10. The van der Waals surface area contributed by atoms with Gasteiger partial charge < -0.3 is 14.8 Å². The summed E-state index contributed by atoms with van der Waals surface area (Å²) in [4.78, 5) is 12.0. The van der Waals surface area contributed by atoms with Gasteiger partial charge in [0.05, 0.1) is 18.0 Å². The minimum atomic E-state index is -3.22. The third-order valence-corrected chi connectivity index (χ3v) is 4.70. The number of halogens is 1. The molecule has 0 saturated carbocycles. The van der Waals surface area contributed by atoms with Crippen LogP contribution in [0, 0.1) is 5.82 Å². The van der Waals surface area contributed by atoms with Crippen LogP contribution in [0.1, 0.15) is 12.8 Å². The summed E-state index contributed by atoms with van der Waals surface area (Å²) in [5.41, 5.74) is 0. The van der Waals surface area contributed by atoms with Crippen LogP contribution in [-0.4, -0.2) is 40.3 Å². The summed E-state index contributed by atoms with van der Waals surface area (Å²) >= 11 is 0. The quantitative estimate of drug-likeness (QED) is 0.626. The largest absolute Gasteiger partial charge is 0.494 e. The summed E-state index contributed by atoms with van der Waals surface area (Å²) < 4.78 is 46.4. The van der Waals surface area contributed by atoms with E-state index < -0.39 is 9.84 Å². The molecule has 0 aliphatic rings. The summed E-state index contributed by atoms with van der Waals surface area (Å²) in [6.07, 6.45) is 1.97. The highest BCUT2D eigenvalue weighted by molar-refractivity contribution is 7.90. The average molecular weight is 395 g/mol. The zero-order chi connectivity index (χ0) is 19.7. The van der Waals surface area contributed by atoms with Crippen molar-refractivity contribution in [1.29, 1.82) is 0 Å². The van der Waals surface area contributed by atoms with Gasteiger partial charge in [0.1, 0.15) is 23.9 Å². The topological polar surface area (TPSA) is 81.7 Å². The zero-order valence-electron chi connectivity index (χ0n) is 15.0. The number of carbonyl (C=O) groups excluding carboxylic acids is 1. The fourth-order valence-electron chi connectivity index (χ4n) is 2.18. The molecule has 1 amide bonds. The Kier molecular flexibility index (Phi) is 7.60. The van der Waals surface area contributed by atoms with Crippen molar-refractivity contribution in [2.45, 2.75) is 17.7 Å². The molecular formula is C19H22FNO5S. The molecule has 0 radical (unpaired) electrons. The highest BCUT2D eigenvalue weighted by Crippen LogP contribution is 2.16. The van der Waals surface area contributed by atoms with E-state index in [2.05, 4.69) is 5.32 Å². The van der Waals surface area contributed by atoms with Crippen LogP contribution in [-0.2, 0) is 14.6 Å². The summed E-state index contributed by atoms with van der Waals surface area (Å²) in [6, 6.07) is 11.8. The van der Waals surface area contributed by atoms with Gasteiger partial charge in [-0.3, -0.25) is 4.79 Å². The Morgan fingerprint density at radius 3 is 2.11 bits per heavy atom. The van der Waals surface area contributed by atoms with Crippen LogP contribution in [0.25, 0.3) is 0 Å². The molecule has 27 heavy (non-hydrogen) atoms. The number of sulfone groups is 1. The van der Waals surface area contributed by atoms with Crippen LogP contribution >= 0.6 is 0 Å². The van der Waals surface area contributed by atoms with Gasteiger partial charge >= 0.3 is 0 Å². The number of benzene rings is 2. The normalized spacial score (nSPS) is 11.0. The van der Waals surface area contributed by atoms with E-state index in [4.69, 9.17) is 9.47 Å². The molecule has 0 aliphatic heterocycles. The highest BCUT2D eigenvalue weighted by Gasteiger charge is 2.06. The molecule has 1 N–H and O–H groups in total. The lowest BCUT2D eigenvalue weighted by molar-refractivity contribution is -0.121. The van der Waals surface area contributed by atoms with Gasteiger partial charge in [0.25, 0.3) is 0 Å². The molecule has 0 unspecified atom stereocenters. The second-order valence-corrected chi connectivity index (χ2v) is 7.86. The number of hydrogen-bond acceptors (Lipinski definition) is 5. The Labute approximate surface area is 158 Å². The monoisotopic (exact) mass is 395 g/mol. The van der Waals surface area contributed by atoms with Gasteiger partial charge in [0.15, 0.2) is 9.84 Å². The lowest BCUT2D eigenvalue weighted by Gasteiger charge is -2.09. The third-order valence-electron chi connectivity index (χ3n) is 3.58. The molecule has 2 aromatic rings. The first-order valence-electron chi connectivity index (χ1n) is 8.42. The van der Waals surface area contributed by atoms with E-state index in [1.807, 2.05) is 0 Å². The van der Waals surface area contributed by atoms with Crippen LogP contribution in [0.3, 0.4) is 0 Å². The lowest BCUT2D eigenvalue weighted by Crippen LogP contribution is -2.28. The first-order chi connectivity index (χ1) is 12.8. The maximum Gasteiger partial charge on any atom is 0.220 e. The second kappa shape index (κ2) is 9.91. The van der Waals surface area contributed by atoms with Crippen molar-refractivity contribution in [1.82, 2.24) is 5.32 Å². The minimum absolute atomic E-state index is 0.117. The maximum absolute atomic E-state index is 12.8. The van der Waals surface area contributed by atoms with Crippen LogP contribution in [0.15, 0.2) is 53.4 Å². The van der Waals surface area contributed by atoms with E-state index in [9.17, 15) is 17.6 Å². The fourth-order valence-corrected chi connectivity index (χ4v) is 2.81. The van der Waals surface area contributed by atoms with E-state index >= 15 is 0 Å². The van der Waals surface area contributed by atoms with Gasteiger partial charge in [-0.1, -0.05) is 0 Å². The summed E-state index contributed by atoms with van der Waals surface area (Å²) in [7, 11) is -3.22. The predicted molar refractivity (Wildman–Crippen MR) is 99.2 cm³/mol. The molecule has 0 saturated heterocycles. The molecule has 0 spiro atoms. The van der Waals surface area contributed by atoms with E-state index in [0.717, 1.165) is 6.26 Å². The predicted octanol–water partition coefficient (Wildman–Crippen LogP) is 2.58. The van der Waals surface area contributed by atoms with Crippen molar-refractivity contribution in [3.63, 3.8) is 0 Å². The van der Waals surface area contributed by atoms with Gasteiger partial charge in [0.2, 0.25) is 5.91 Å². The molecule has 0 atom stereocenters. The molecule has 0 heterocycles. The fraction of sp³-hybridized carbons (Fsp3) is 0.316. The van der Waals surface area contributed by atoms with Crippen molar-refractivity contribution >= 4 is 15.7 Å². The van der Waals surface area contributed by atoms with Crippen LogP contribution in [0.5, 0.6) is 11.5 Å². The van der Waals surface area contributed by atoms with Crippen molar-refractivity contribution in [3.05, 3.63) is 54.3 Å². The van der Waals surface area contributed by atoms with Gasteiger partial charge in [0, 0.05) is 12.7 Å². The molecule has 2 aromatic carbocycles. The molecule has 6 nitrogen and oxygen atoms in total. The Morgan fingerprint density at radius 2 is 1.52 bits per heavy atom. The zero-order valence-corrected chi connectivity index (χ0v) is 15.8. The van der Waals surface area contributed by atoms with Crippen molar-refractivity contribution in [2.24, 2.45) is 0 Å². The second-order valence-electron chi connectivity index (χ2n) is 5.85. The van der Waals surface area contributed by atoms with Crippen molar-refractivity contribution < 1.29 is 27.1 Å². The smallest absolute Gasteiger partial charge is 0.220 e. The number of amides is 1. The first kappa shape index (κ1) is 20.7. The van der Waals surface area contributed by atoms with Gasteiger partial charge in [-0.25, -0.2) is 12.8 Å². The average Bonchev–Trinajstić information content (AvgIpc) is 2.63. The standard InChI is InChI=1S/C19H22FNO5S/c1-27(23,24)18-10-8-17(9-11-18)25-13-2-3-19(22)21-12-14-26-16-6-4-15(20)5-7-16/h4-11H,2-3,12-14H2,1H3,(H,21,22). The van der Waals surface area contributed by atoms with E-state index in [1.54, 1.807) is 12.1 Å². The first-order valence-corrected chi connectivity index (χ1v) is 10.3. The molecule has 0 aromatic heterocycles. The lowest BCUT2D eigenvalue weighted by atomic mass is 10.3. The van der Waals surface area contributed by atoms with Crippen LogP contribution in [0.4, 0.5) is 4.39 Å². The van der Waals surface area contributed by atoms with E-state index in [1.165, 1.54) is 36.4 Å². The van der Waals surface area contributed by atoms with Gasteiger partial charge in [-0.15, -0.1) is 0 Å². The van der Waals surface area contributed by atoms with E-state index in [-0.39, 0.29) is 16.6 Å². The number of nitrogens with one attached hydrogen (secondary N) is 1. The molecule has 2 rings (SSSR count). The maximum atomic E-state index is 12.8. The number of hydrogen-bond donors (Lipinski definition) is 1. The van der Waals surface area contributed by atoms with Crippen LogP contribution in [0.2, 0.25) is 0 Å². The van der Waals surface area contributed by atoms with Crippen molar-refractivity contribution in [2.75, 3.05) is 26.0 Å². The summed E-state index contributed by atoms with van der Waals surface area (Å²) in [5.74, 6) is 0.648. The van der Waals surface area contributed by atoms with Crippen molar-refractivity contribution in [3.8, 4) is 11.5 Å². The number of carbonyl (C=O) groups is 1. The highest BCUT2D eigenvalue weighted by atomic mass is 32.2. The summed E-state index contributed by atoms with van der Waals surface area (Å²) in [5, 5.41) is 2.73. The molecule has 0 aliphatic carbocycles. The number of ether oxygens (including phenoxy) is 2. The molecule has 0 fully saturated rings. The van der Waals surface area contributed by atoms with Crippen LogP contribution < -0.4 is 14.8 Å². The SMILES string of the molecule is CS(=O)(=O)c1ccc(OCCCC(=O)NCCOc2ccc(F)cc2)cc1. The molecule has 8 heteroatoms.